The molecule has 1 unspecified atom stereocenters. The van der Waals surface area contributed by atoms with Crippen LogP contribution in [0.15, 0.2) is 54.7 Å². The summed E-state index contributed by atoms with van der Waals surface area (Å²) in [5.41, 5.74) is 7.38. The first-order valence-electron chi connectivity index (χ1n) is 8.94. The van der Waals surface area contributed by atoms with Gasteiger partial charge in [-0.1, -0.05) is 36.4 Å². The number of benzene rings is 1. The van der Waals surface area contributed by atoms with E-state index in [-0.39, 0.29) is 24.3 Å². The summed E-state index contributed by atoms with van der Waals surface area (Å²) < 4.78 is 0. The second kappa shape index (κ2) is 8.58. The molecule has 1 aromatic heterocycles. The van der Waals surface area contributed by atoms with Gasteiger partial charge in [-0.05, 0) is 24.1 Å². The van der Waals surface area contributed by atoms with Crippen molar-refractivity contribution in [2.24, 2.45) is 5.73 Å². The third-order valence-corrected chi connectivity index (χ3v) is 4.66. The van der Waals surface area contributed by atoms with Gasteiger partial charge in [0.1, 0.15) is 6.04 Å². The van der Waals surface area contributed by atoms with E-state index in [1.54, 1.807) is 11.1 Å². The number of hydrogen-bond acceptors (Lipinski definition) is 4. The van der Waals surface area contributed by atoms with Gasteiger partial charge in [0.15, 0.2) is 0 Å². The Labute approximate surface area is 153 Å². The van der Waals surface area contributed by atoms with Crippen molar-refractivity contribution in [3.05, 3.63) is 66.0 Å². The van der Waals surface area contributed by atoms with Crippen LogP contribution in [0.5, 0.6) is 0 Å². The Morgan fingerprint density at radius 3 is 2.58 bits per heavy atom. The Balaban J connectivity index is 1.71. The quantitative estimate of drug-likeness (QED) is 0.789. The van der Waals surface area contributed by atoms with E-state index < -0.39 is 6.04 Å². The summed E-state index contributed by atoms with van der Waals surface area (Å²) in [6, 6.07) is 15.0. The van der Waals surface area contributed by atoms with Crippen LogP contribution in [0.4, 0.5) is 0 Å². The summed E-state index contributed by atoms with van der Waals surface area (Å²) in [7, 11) is 0. The minimum absolute atomic E-state index is 0.0557. The van der Waals surface area contributed by atoms with E-state index in [1.807, 2.05) is 48.5 Å². The molecule has 2 aromatic rings. The number of nitrogens with zero attached hydrogens (tertiary/aromatic N) is 2. The lowest BCUT2D eigenvalue weighted by atomic mass is 9.98. The highest BCUT2D eigenvalue weighted by molar-refractivity contribution is 5.89. The van der Waals surface area contributed by atoms with Crippen molar-refractivity contribution in [3.63, 3.8) is 0 Å². The van der Waals surface area contributed by atoms with Crippen LogP contribution in [0.1, 0.15) is 30.1 Å². The van der Waals surface area contributed by atoms with Crippen LogP contribution in [-0.2, 0) is 16.0 Å². The Hall–Kier alpha value is -2.73. The zero-order chi connectivity index (χ0) is 18.4. The standard InChI is InChI=1S/C20H24N4O2/c21-11-9-19(25)24-13-10-18(24)20(26)23-17(15-6-2-1-3-7-15)14-16-8-4-5-12-22-16/h1-8,12,17-18H,9-11,13-14,21H2,(H,23,26)/t17?,18-/m0/s1. The molecule has 6 heteroatoms. The topological polar surface area (TPSA) is 88.3 Å². The molecular weight excluding hydrogens is 328 g/mol. The van der Waals surface area contributed by atoms with E-state index in [4.69, 9.17) is 5.73 Å². The molecule has 3 N–H and O–H groups in total. The summed E-state index contributed by atoms with van der Waals surface area (Å²) in [5.74, 6) is -0.175. The van der Waals surface area contributed by atoms with Gasteiger partial charge < -0.3 is 16.0 Å². The molecule has 2 amide bonds. The van der Waals surface area contributed by atoms with Gasteiger partial charge in [0.05, 0.1) is 6.04 Å². The number of nitrogens with one attached hydrogen (secondary N) is 1. The van der Waals surface area contributed by atoms with Crippen LogP contribution in [0.3, 0.4) is 0 Å². The van der Waals surface area contributed by atoms with Crippen molar-refractivity contribution in [3.8, 4) is 0 Å². The Morgan fingerprint density at radius 2 is 1.96 bits per heavy atom. The molecule has 3 rings (SSSR count). The highest BCUT2D eigenvalue weighted by atomic mass is 16.2. The van der Waals surface area contributed by atoms with Crippen molar-refractivity contribution in [2.45, 2.75) is 31.3 Å². The lowest BCUT2D eigenvalue weighted by Gasteiger charge is -2.40. The zero-order valence-corrected chi connectivity index (χ0v) is 14.7. The summed E-state index contributed by atoms with van der Waals surface area (Å²) in [4.78, 5) is 30.8. The molecule has 1 fully saturated rings. The molecule has 0 aliphatic carbocycles. The highest BCUT2D eigenvalue weighted by Crippen LogP contribution is 2.22. The number of rotatable bonds is 7. The monoisotopic (exact) mass is 352 g/mol. The molecule has 1 aliphatic heterocycles. The fraction of sp³-hybridized carbons (Fsp3) is 0.350. The number of hydrogen-bond donors (Lipinski definition) is 2. The molecule has 0 spiro atoms. The molecule has 0 saturated carbocycles. The van der Waals surface area contributed by atoms with Crippen molar-refractivity contribution in [1.82, 2.24) is 15.2 Å². The minimum atomic E-state index is -0.399. The van der Waals surface area contributed by atoms with Gasteiger partial charge in [-0.25, -0.2) is 0 Å². The maximum atomic E-state index is 12.8. The Morgan fingerprint density at radius 1 is 1.19 bits per heavy atom. The van der Waals surface area contributed by atoms with Gasteiger partial charge >= 0.3 is 0 Å². The number of aromatic nitrogens is 1. The molecular formula is C20H24N4O2. The predicted molar refractivity (Wildman–Crippen MR) is 99.1 cm³/mol. The predicted octanol–water partition coefficient (Wildman–Crippen LogP) is 1.43. The second-order valence-corrected chi connectivity index (χ2v) is 6.43. The first-order valence-corrected chi connectivity index (χ1v) is 8.94. The second-order valence-electron chi connectivity index (χ2n) is 6.43. The fourth-order valence-electron chi connectivity index (χ4n) is 3.16. The zero-order valence-electron chi connectivity index (χ0n) is 14.7. The molecule has 2 atom stereocenters. The third kappa shape index (κ3) is 4.26. The maximum absolute atomic E-state index is 12.8. The molecule has 1 saturated heterocycles. The third-order valence-electron chi connectivity index (χ3n) is 4.66. The van der Waals surface area contributed by atoms with Gasteiger partial charge in [-0.3, -0.25) is 14.6 Å². The van der Waals surface area contributed by atoms with Crippen molar-refractivity contribution in [2.75, 3.05) is 13.1 Å². The summed E-state index contributed by atoms with van der Waals surface area (Å²) >= 11 is 0. The van der Waals surface area contributed by atoms with E-state index in [9.17, 15) is 9.59 Å². The summed E-state index contributed by atoms with van der Waals surface area (Å²) in [5, 5.41) is 3.11. The van der Waals surface area contributed by atoms with Crippen molar-refractivity contribution in [1.29, 1.82) is 0 Å². The number of carbonyl (C=O) groups excluding carboxylic acids is 2. The van der Waals surface area contributed by atoms with Crippen LogP contribution in [-0.4, -0.2) is 40.8 Å². The number of pyridine rings is 1. The molecule has 1 aliphatic rings. The number of nitrogens with two attached hydrogens (primary N) is 1. The first-order chi connectivity index (χ1) is 12.7. The number of carbonyl (C=O) groups is 2. The molecule has 2 heterocycles. The van der Waals surface area contributed by atoms with Crippen LogP contribution < -0.4 is 11.1 Å². The van der Waals surface area contributed by atoms with Crippen LogP contribution in [0.25, 0.3) is 0 Å². The summed E-state index contributed by atoms with van der Waals surface area (Å²) in [6.45, 7) is 0.920. The normalized spacial score (nSPS) is 17.3. The van der Waals surface area contributed by atoms with E-state index in [1.165, 1.54) is 0 Å². The highest BCUT2D eigenvalue weighted by Gasteiger charge is 2.37. The average molecular weight is 352 g/mol. The SMILES string of the molecule is NCCC(=O)N1CC[C@H]1C(=O)NC(Cc1ccccn1)c1ccccc1. The van der Waals surface area contributed by atoms with Gasteiger partial charge in [-0.15, -0.1) is 0 Å². The minimum Gasteiger partial charge on any atom is -0.347 e. The van der Waals surface area contributed by atoms with Crippen LogP contribution >= 0.6 is 0 Å². The van der Waals surface area contributed by atoms with Gasteiger partial charge in [0.25, 0.3) is 0 Å². The van der Waals surface area contributed by atoms with E-state index in [0.29, 0.717) is 25.9 Å². The van der Waals surface area contributed by atoms with E-state index >= 15 is 0 Å². The molecule has 6 nitrogen and oxygen atoms in total. The maximum Gasteiger partial charge on any atom is 0.243 e. The van der Waals surface area contributed by atoms with Gasteiger partial charge in [0, 0.05) is 37.8 Å². The Bertz CT molecular complexity index is 736. The number of amides is 2. The van der Waals surface area contributed by atoms with Gasteiger partial charge in [0.2, 0.25) is 11.8 Å². The fourth-order valence-corrected chi connectivity index (χ4v) is 3.16. The lowest BCUT2D eigenvalue weighted by Crippen LogP contribution is -2.59. The number of likely N-dealkylation sites (tertiary alicyclic amines) is 1. The van der Waals surface area contributed by atoms with E-state index in [2.05, 4.69) is 10.3 Å². The van der Waals surface area contributed by atoms with Crippen molar-refractivity contribution >= 4 is 11.8 Å². The van der Waals surface area contributed by atoms with E-state index in [0.717, 1.165) is 11.3 Å². The molecule has 136 valence electrons. The molecule has 0 radical (unpaired) electrons. The average Bonchev–Trinajstić information content (AvgIpc) is 2.62. The molecule has 0 bridgehead atoms. The van der Waals surface area contributed by atoms with Crippen LogP contribution in [0.2, 0.25) is 0 Å². The largest absolute Gasteiger partial charge is 0.347 e. The van der Waals surface area contributed by atoms with Gasteiger partial charge in [-0.2, -0.15) is 0 Å². The molecule has 26 heavy (non-hydrogen) atoms. The lowest BCUT2D eigenvalue weighted by molar-refractivity contribution is -0.147. The molecule has 1 aromatic carbocycles. The Kier molecular flexibility index (Phi) is 5.96. The van der Waals surface area contributed by atoms with Crippen molar-refractivity contribution < 1.29 is 9.59 Å². The van der Waals surface area contributed by atoms with Crippen LogP contribution in [0, 0.1) is 0 Å². The first kappa shape index (κ1) is 18.1. The summed E-state index contributed by atoms with van der Waals surface area (Å²) in [6.07, 6.45) is 3.31. The smallest absolute Gasteiger partial charge is 0.243 e.